The second kappa shape index (κ2) is 9.57. The Balaban J connectivity index is 1.52. The number of halogens is 1. The third-order valence-corrected chi connectivity index (χ3v) is 4.95. The van der Waals surface area contributed by atoms with Gasteiger partial charge in [0.25, 0.3) is 0 Å². The zero-order valence-electron chi connectivity index (χ0n) is 17.5. The Hall–Kier alpha value is -3.45. The van der Waals surface area contributed by atoms with Crippen molar-refractivity contribution in [1.29, 1.82) is 0 Å². The van der Waals surface area contributed by atoms with Crippen molar-refractivity contribution in [2.24, 2.45) is 4.99 Å². The molecule has 31 heavy (non-hydrogen) atoms. The predicted octanol–water partition coefficient (Wildman–Crippen LogP) is 2.97. The number of pyridine rings is 1. The lowest BCUT2D eigenvalue weighted by Crippen LogP contribution is -2.36. The van der Waals surface area contributed by atoms with Crippen molar-refractivity contribution < 1.29 is 18.6 Å². The summed E-state index contributed by atoms with van der Waals surface area (Å²) in [7, 11) is 1.65. The van der Waals surface area contributed by atoms with E-state index in [1.54, 1.807) is 19.4 Å². The fourth-order valence-corrected chi connectivity index (χ4v) is 3.27. The van der Waals surface area contributed by atoms with Crippen molar-refractivity contribution in [3.63, 3.8) is 0 Å². The summed E-state index contributed by atoms with van der Waals surface area (Å²) in [6.07, 6.45) is 3.61. The van der Waals surface area contributed by atoms with Crippen LogP contribution in [0, 0.1) is 12.7 Å². The molecule has 0 radical (unpaired) electrons. The van der Waals surface area contributed by atoms with Gasteiger partial charge in [-0.1, -0.05) is 6.07 Å². The minimum atomic E-state index is -0.375. The smallest absolute Gasteiger partial charge is 0.148 e. The van der Waals surface area contributed by atoms with Crippen LogP contribution in [0.5, 0.6) is 11.5 Å². The molecule has 0 bridgehead atoms. The Morgan fingerprint density at radius 1 is 1.03 bits per heavy atom. The number of nitrogens with zero attached hydrogens (tertiary/aromatic N) is 3. The van der Waals surface area contributed by atoms with E-state index in [1.165, 1.54) is 6.07 Å². The summed E-state index contributed by atoms with van der Waals surface area (Å²) in [4.78, 5) is 10.8. The van der Waals surface area contributed by atoms with E-state index in [4.69, 9.17) is 19.2 Å². The molecule has 7 heteroatoms. The molecule has 0 N–H and O–H groups in total. The summed E-state index contributed by atoms with van der Waals surface area (Å²) in [6.45, 7) is 3.62. The number of fused-ring (bicyclic) bond motifs is 1. The van der Waals surface area contributed by atoms with Crippen LogP contribution in [0.3, 0.4) is 0 Å². The van der Waals surface area contributed by atoms with Gasteiger partial charge in [0.2, 0.25) is 0 Å². The SMILES string of the molecule is COCCOc1ccc2c(c1)=NCN(c1cc(OCc3ncccc3F)ccc1C)C=2. The van der Waals surface area contributed by atoms with E-state index in [0.29, 0.717) is 25.6 Å². The number of methoxy groups -OCH3 is 1. The summed E-state index contributed by atoms with van der Waals surface area (Å²) in [5, 5.41) is 1.90. The third-order valence-electron chi connectivity index (χ3n) is 4.95. The van der Waals surface area contributed by atoms with Crippen LogP contribution in [-0.4, -0.2) is 32.0 Å². The highest BCUT2D eigenvalue weighted by Gasteiger charge is 2.12. The van der Waals surface area contributed by atoms with Crippen molar-refractivity contribution in [3.8, 4) is 11.5 Å². The minimum Gasteiger partial charge on any atom is -0.491 e. The van der Waals surface area contributed by atoms with E-state index in [2.05, 4.69) is 16.1 Å². The van der Waals surface area contributed by atoms with Gasteiger partial charge in [-0.3, -0.25) is 9.98 Å². The Morgan fingerprint density at radius 3 is 2.71 bits per heavy atom. The maximum atomic E-state index is 13.8. The lowest BCUT2D eigenvalue weighted by atomic mass is 10.1. The van der Waals surface area contributed by atoms with Crippen LogP contribution >= 0.6 is 0 Å². The van der Waals surface area contributed by atoms with Gasteiger partial charge in [-0.25, -0.2) is 4.39 Å². The molecule has 160 valence electrons. The van der Waals surface area contributed by atoms with Gasteiger partial charge in [0.15, 0.2) is 0 Å². The molecule has 3 aromatic rings. The molecule has 0 saturated carbocycles. The number of rotatable bonds is 8. The fraction of sp³-hybridized carbons (Fsp3) is 0.250. The third kappa shape index (κ3) is 5.00. The maximum absolute atomic E-state index is 13.8. The van der Waals surface area contributed by atoms with Gasteiger partial charge in [0.1, 0.15) is 42.9 Å². The van der Waals surface area contributed by atoms with E-state index >= 15 is 0 Å². The molecule has 2 aromatic carbocycles. The topological polar surface area (TPSA) is 56.2 Å². The highest BCUT2D eigenvalue weighted by atomic mass is 19.1. The zero-order valence-corrected chi connectivity index (χ0v) is 17.5. The molecule has 0 aliphatic carbocycles. The zero-order chi connectivity index (χ0) is 21.6. The number of benzene rings is 2. The highest BCUT2D eigenvalue weighted by molar-refractivity contribution is 5.65. The maximum Gasteiger partial charge on any atom is 0.148 e. The van der Waals surface area contributed by atoms with E-state index in [9.17, 15) is 4.39 Å². The quantitative estimate of drug-likeness (QED) is 0.524. The van der Waals surface area contributed by atoms with Gasteiger partial charge in [-0.15, -0.1) is 0 Å². The Morgan fingerprint density at radius 2 is 1.87 bits per heavy atom. The molecule has 0 fully saturated rings. The predicted molar refractivity (Wildman–Crippen MR) is 116 cm³/mol. The number of hydrogen-bond donors (Lipinski definition) is 0. The van der Waals surface area contributed by atoms with Crippen LogP contribution in [0.2, 0.25) is 0 Å². The largest absolute Gasteiger partial charge is 0.491 e. The average molecular weight is 421 g/mol. The van der Waals surface area contributed by atoms with E-state index in [-0.39, 0.29) is 18.1 Å². The molecule has 1 aliphatic heterocycles. The lowest BCUT2D eigenvalue weighted by molar-refractivity contribution is 0.146. The Labute approximate surface area is 180 Å². The van der Waals surface area contributed by atoms with E-state index in [1.807, 2.05) is 43.3 Å². The monoisotopic (exact) mass is 421 g/mol. The minimum absolute atomic E-state index is 0.0674. The van der Waals surface area contributed by atoms with Gasteiger partial charge in [0, 0.05) is 42.5 Å². The molecule has 0 unspecified atom stereocenters. The molecule has 2 heterocycles. The van der Waals surface area contributed by atoms with Crippen LogP contribution < -0.4 is 24.9 Å². The first-order valence-corrected chi connectivity index (χ1v) is 10.0. The summed E-state index contributed by atoms with van der Waals surface area (Å²) in [6, 6.07) is 14.6. The first kappa shape index (κ1) is 20.8. The summed E-state index contributed by atoms with van der Waals surface area (Å²) < 4.78 is 30.3. The summed E-state index contributed by atoms with van der Waals surface area (Å²) in [5.74, 6) is 1.04. The molecule has 0 atom stereocenters. The van der Waals surface area contributed by atoms with Gasteiger partial charge in [0.05, 0.1) is 12.0 Å². The molecule has 0 spiro atoms. The fourth-order valence-electron chi connectivity index (χ4n) is 3.27. The molecule has 0 saturated heterocycles. The van der Waals surface area contributed by atoms with Gasteiger partial charge >= 0.3 is 0 Å². The lowest BCUT2D eigenvalue weighted by Gasteiger charge is -2.23. The van der Waals surface area contributed by atoms with Crippen LogP contribution in [0.1, 0.15) is 11.3 Å². The van der Waals surface area contributed by atoms with E-state index < -0.39 is 0 Å². The van der Waals surface area contributed by atoms with Crippen molar-refractivity contribution in [2.45, 2.75) is 13.5 Å². The molecule has 6 nitrogen and oxygen atoms in total. The molecule has 4 rings (SSSR count). The highest BCUT2D eigenvalue weighted by Crippen LogP contribution is 2.27. The van der Waals surface area contributed by atoms with Crippen LogP contribution in [0.4, 0.5) is 10.1 Å². The van der Waals surface area contributed by atoms with Crippen molar-refractivity contribution in [3.05, 3.63) is 82.4 Å². The second-order valence-corrected chi connectivity index (χ2v) is 7.13. The van der Waals surface area contributed by atoms with Crippen LogP contribution in [-0.2, 0) is 11.3 Å². The molecular weight excluding hydrogens is 397 g/mol. The number of hydrogen-bond acceptors (Lipinski definition) is 6. The van der Waals surface area contributed by atoms with Gasteiger partial charge in [-0.2, -0.15) is 0 Å². The first-order valence-electron chi connectivity index (χ1n) is 10.0. The molecule has 1 aromatic heterocycles. The second-order valence-electron chi connectivity index (χ2n) is 7.13. The summed E-state index contributed by atoms with van der Waals surface area (Å²) in [5.41, 5.74) is 2.35. The molecule has 1 aliphatic rings. The number of ether oxygens (including phenoxy) is 3. The normalized spacial score (nSPS) is 12.5. The molecule has 0 amide bonds. The average Bonchev–Trinajstić information content (AvgIpc) is 2.79. The number of aromatic nitrogens is 1. The number of anilines is 1. The summed E-state index contributed by atoms with van der Waals surface area (Å²) >= 11 is 0. The van der Waals surface area contributed by atoms with Crippen molar-refractivity contribution >= 4 is 11.9 Å². The van der Waals surface area contributed by atoms with Gasteiger partial charge < -0.3 is 19.1 Å². The van der Waals surface area contributed by atoms with E-state index in [0.717, 1.165) is 27.6 Å². The van der Waals surface area contributed by atoms with Crippen LogP contribution in [0.25, 0.3) is 6.20 Å². The van der Waals surface area contributed by atoms with Crippen LogP contribution in [0.15, 0.2) is 59.7 Å². The Bertz CT molecular complexity index is 1180. The molecular formula is C24H24FN3O3. The van der Waals surface area contributed by atoms with Gasteiger partial charge in [-0.05, 0) is 42.8 Å². The Kier molecular flexibility index (Phi) is 6.43. The van der Waals surface area contributed by atoms with Crippen molar-refractivity contribution in [2.75, 3.05) is 31.9 Å². The first-order chi connectivity index (χ1) is 15.1. The van der Waals surface area contributed by atoms with Crippen molar-refractivity contribution in [1.82, 2.24) is 4.98 Å². The standard InChI is InChI=1S/C24H24FN3O3/c1-17-5-7-20(31-15-23-21(25)4-3-9-26-23)13-24(17)28-14-18-6-8-19(30-11-10-29-2)12-22(18)27-16-28/h3-9,12-14H,10-11,15-16H2,1-2H3. The number of aryl methyl sites for hydroxylation is 1.